The number of guanidine groups is 1. The minimum atomic E-state index is 0. The molecule has 0 atom stereocenters. The number of hydrogen-bond donors (Lipinski definition) is 1. The van der Waals surface area contributed by atoms with E-state index < -0.39 is 0 Å². The number of nitrogens with one attached hydrogen (secondary N) is 1. The second-order valence-corrected chi connectivity index (χ2v) is 6.00. The molecule has 1 aliphatic heterocycles. The molecule has 1 fully saturated rings. The lowest BCUT2D eigenvalue weighted by Crippen LogP contribution is -2.52. The average molecular weight is 482 g/mol. The number of ether oxygens (including phenoxy) is 1. The second kappa shape index (κ2) is 10.9. The van der Waals surface area contributed by atoms with Gasteiger partial charge in [-0.15, -0.1) is 24.0 Å². The molecule has 0 bridgehead atoms. The number of nitrogens with zero attached hydrogens (tertiary/aromatic N) is 5. The minimum Gasteiger partial charge on any atom is -0.494 e. The lowest BCUT2D eigenvalue weighted by Gasteiger charge is -2.36. The van der Waals surface area contributed by atoms with Gasteiger partial charge in [-0.3, -0.25) is 4.99 Å². The highest BCUT2D eigenvalue weighted by Gasteiger charge is 2.20. The topological polar surface area (TPSA) is 65.9 Å². The van der Waals surface area contributed by atoms with E-state index in [2.05, 4.69) is 42.2 Å². The van der Waals surface area contributed by atoms with Gasteiger partial charge in [0.1, 0.15) is 5.75 Å². The summed E-state index contributed by atoms with van der Waals surface area (Å²) < 4.78 is 5.56. The van der Waals surface area contributed by atoms with Crippen LogP contribution in [0.1, 0.15) is 12.5 Å². The molecule has 2 aromatic rings. The Labute approximate surface area is 177 Å². The van der Waals surface area contributed by atoms with Gasteiger partial charge in [-0.1, -0.05) is 12.1 Å². The lowest BCUT2D eigenvalue weighted by molar-refractivity contribution is 0.339. The maximum absolute atomic E-state index is 5.56. The number of rotatable bonds is 5. The molecule has 1 saturated heterocycles. The quantitative estimate of drug-likeness (QED) is 0.401. The van der Waals surface area contributed by atoms with E-state index in [1.807, 2.05) is 32.2 Å². The van der Waals surface area contributed by atoms with Crippen molar-refractivity contribution in [2.75, 3.05) is 44.7 Å². The smallest absolute Gasteiger partial charge is 0.225 e. The SMILES string of the molecule is CCOc1cccc(CNC(=NC)N2CCN(c3ncccn3)CC2)c1.I. The molecule has 27 heavy (non-hydrogen) atoms. The van der Waals surface area contributed by atoms with E-state index in [0.717, 1.165) is 50.4 Å². The zero-order chi connectivity index (χ0) is 18.2. The summed E-state index contributed by atoms with van der Waals surface area (Å²) in [6, 6.07) is 9.99. The zero-order valence-electron chi connectivity index (χ0n) is 15.8. The summed E-state index contributed by atoms with van der Waals surface area (Å²) >= 11 is 0. The summed E-state index contributed by atoms with van der Waals surface area (Å²) in [6.07, 6.45) is 3.57. The summed E-state index contributed by atoms with van der Waals surface area (Å²) in [6.45, 7) is 6.92. The largest absolute Gasteiger partial charge is 0.494 e. The molecule has 0 spiro atoms. The highest BCUT2D eigenvalue weighted by molar-refractivity contribution is 14.0. The van der Waals surface area contributed by atoms with Crippen LogP contribution in [-0.2, 0) is 6.54 Å². The van der Waals surface area contributed by atoms with Crippen molar-refractivity contribution in [1.29, 1.82) is 0 Å². The van der Waals surface area contributed by atoms with Crippen LogP contribution in [0.25, 0.3) is 0 Å². The van der Waals surface area contributed by atoms with E-state index >= 15 is 0 Å². The summed E-state index contributed by atoms with van der Waals surface area (Å²) in [7, 11) is 1.83. The molecule has 0 unspecified atom stereocenters. The molecular weight excluding hydrogens is 455 g/mol. The fourth-order valence-corrected chi connectivity index (χ4v) is 3.00. The van der Waals surface area contributed by atoms with Gasteiger partial charge in [-0.05, 0) is 30.7 Å². The fraction of sp³-hybridized carbons (Fsp3) is 0.421. The minimum absolute atomic E-state index is 0. The normalized spacial score (nSPS) is 14.5. The van der Waals surface area contributed by atoms with E-state index in [-0.39, 0.29) is 24.0 Å². The molecule has 1 aliphatic rings. The van der Waals surface area contributed by atoms with Crippen molar-refractivity contribution in [2.45, 2.75) is 13.5 Å². The van der Waals surface area contributed by atoms with Gasteiger partial charge in [0.25, 0.3) is 0 Å². The molecule has 7 nitrogen and oxygen atoms in total. The van der Waals surface area contributed by atoms with Crippen LogP contribution in [-0.4, -0.2) is 60.7 Å². The maximum atomic E-state index is 5.56. The molecule has 1 N–H and O–H groups in total. The highest BCUT2D eigenvalue weighted by Crippen LogP contribution is 2.14. The second-order valence-electron chi connectivity index (χ2n) is 6.00. The first-order valence-corrected chi connectivity index (χ1v) is 8.99. The van der Waals surface area contributed by atoms with Gasteiger partial charge in [-0.2, -0.15) is 0 Å². The zero-order valence-corrected chi connectivity index (χ0v) is 18.2. The summed E-state index contributed by atoms with van der Waals surface area (Å²) in [5.74, 6) is 2.61. The number of halogens is 1. The first kappa shape index (κ1) is 21.2. The van der Waals surface area contributed by atoms with Crippen molar-refractivity contribution < 1.29 is 4.74 Å². The summed E-state index contributed by atoms with van der Waals surface area (Å²) in [5.41, 5.74) is 1.17. The van der Waals surface area contributed by atoms with Crippen LogP contribution in [0, 0.1) is 0 Å². The number of anilines is 1. The Bertz CT molecular complexity index is 719. The first-order valence-electron chi connectivity index (χ1n) is 8.99. The summed E-state index contributed by atoms with van der Waals surface area (Å²) in [4.78, 5) is 17.6. The van der Waals surface area contributed by atoms with Crippen molar-refractivity contribution >= 4 is 35.9 Å². The lowest BCUT2D eigenvalue weighted by atomic mass is 10.2. The van der Waals surface area contributed by atoms with Crippen LogP contribution in [0.2, 0.25) is 0 Å². The van der Waals surface area contributed by atoms with Gasteiger partial charge in [0.05, 0.1) is 6.61 Å². The van der Waals surface area contributed by atoms with E-state index in [1.165, 1.54) is 5.56 Å². The van der Waals surface area contributed by atoms with Crippen LogP contribution in [0.4, 0.5) is 5.95 Å². The molecule has 1 aromatic heterocycles. The standard InChI is InChI=1S/C19H26N6O.HI/c1-3-26-17-7-4-6-16(14-17)15-23-18(20-2)24-10-12-25(13-11-24)19-21-8-5-9-22-19;/h4-9,14H,3,10-13,15H2,1-2H3,(H,20,23);1H. The van der Waals surface area contributed by atoms with Crippen molar-refractivity contribution in [2.24, 2.45) is 4.99 Å². The third kappa shape index (κ3) is 5.95. The Hall–Kier alpha value is -2.10. The molecule has 8 heteroatoms. The van der Waals surface area contributed by atoms with Gasteiger partial charge in [0.15, 0.2) is 5.96 Å². The molecule has 0 radical (unpaired) electrons. The number of hydrogen-bond acceptors (Lipinski definition) is 5. The van der Waals surface area contributed by atoms with Gasteiger partial charge in [0, 0.05) is 52.2 Å². The Morgan fingerprint density at radius 3 is 2.56 bits per heavy atom. The van der Waals surface area contributed by atoms with Crippen LogP contribution in [0.15, 0.2) is 47.7 Å². The van der Waals surface area contributed by atoms with Crippen molar-refractivity contribution in [3.8, 4) is 5.75 Å². The predicted molar refractivity (Wildman–Crippen MR) is 119 cm³/mol. The van der Waals surface area contributed by atoms with Crippen LogP contribution in [0.5, 0.6) is 5.75 Å². The Kier molecular flexibility index (Phi) is 8.56. The van der Waals surface area contributed by atoms with Crippen LogP contribution >= 0.6 is 24.0 Å². The van der Waals surface area contributed by atoms with Crippen LogP contribution < -0.4 is 15.0 Å². The third-order valence-electron chi connectivity index (χ3n) is 4.29. The third-order valence-corrected chi connectivity index (χ3v) is 4.29. The monoisotopic (exact) mass is 482 g/mol. The van der Waals surface area contributed by atoms with Gasteiger partial charge < -0.3 is 19.9 Å². The van der Waals surface area contributed by atoms with Gasteiger partial charge in [0.2, 0.25) is 5.95 Å². The van der Waals surface area contributed by atoms with Gasteiger partial charge >= 0.3 is 0 Å². The molecule has 0 saturated carbocycles. The average Bonchev–Trinajstić information content (AvgIpc) is 2.70. The van der Waals surface area contributed by atoms with E-state index in [4.69, 9.17) is 4.74 Å². The van der Waals surface area contributed by atoms with Crippen molar-refractivity contribution in [1.82, 2.24) is 20.2 Å². The molecule has 1 aromatic carbocycles. The molecule has 2 heterocycles. The first-order chi connectivity index (χ1) is 12.8. The van der Waals surface area contributed by atoms with Crippen molar-refractivity contribution in [3.05, 3.63) is 48.3 Å². The maximum Gasteiger partial charge on any atom is 0.225 e. The van der Waals surface area contributed by atoms with Crippen LogP contribution in [0.3, 0.4) is 0 Å². The number of aliphatic imine (C=N–C) groups is 1. The predicted octanol–water partition coefficient (Wildman–Crippen LogP) is 2.39. The number of benzene rings is 1. The van der Waals surface area contributed by atoms with Crippen molar-refractivity contribution in [3.63, 3.8) is 0 Å². The summed E-state index contributed by atoms with van der Waals surface area (Å²) in [5, 5.41) is 3.45. The number of piperazine rings is 1. The molecule has 0 amide bonds. The van der Waals surface area contributed by atoms with E-state index in [9.17, 15) is 0 Å². The Morgan fingerprint density at radius 1 is 1.15 bits per heavy atom. The Balaban J connectivity index is 0.00000261. The fourth-order valence-electron chi connectivity index (χ4n) is 3.00. The van der Waals surface area contributed by atoms with E-state index in [0.29, 0.717) is 6.61 Å². The van der Waals surface area contributed by atoms with E-state index in [1.54, 1.807) is 12.4 Å². The van der Waals surface area contributed by atoms with Gasteiger partial charge in [-0.25, -0.2) is 9.97 Å². The Morgan fingerprint density at radius 2 is 1.89 bits per heavy atom. The molecule has 0 aliphatic carbocycles. The number of aromatic nitrogens is 2. The molecule has 146 valence electrons. The molecular formula is C19H27IN6O. The molecule has 3 rings (SSSR count). The highest BCUT2D eigenvalue weighted by atomic mass is 127.